The zero-order chi connectivity index (χ0) is 15.1. The van der Waals surface area contributed by atoms with Gasteiger partial charge in [-0.1, -0.05) is 6.07 Å². The molecule has 1 aromatic rings. The van der Waals surface area contributed by atoms with Gasteiger partial charge in [0, 0.05) is 11.7 Å². The van der Waals surface area contributed by atoms with Crippen LogP contribution >= 0.6 is 0 Å². The molecule has 110 valence electrons. The van der Waals surface area contributed by atoms with Gasteiger partial charge in [0.1, 0.15) is 17.9 Å². The minimum atomic E-state index is -0.600. The van der Waals surface area contributed by atoms with Gasteiger partial charge in [0.05, 0.1) is 13.5 Å². The molecule has 0 aliphatic heterocycles. The summed E-state index contributed by atoms with van der Waals surface area (Å²) in [7, 11) is 1.45. The maximum absolute atomic E-state index is 11.9. The van der Waals surface area contributed by atoms with E-state index in [1.54, 1.807) is 18.2 Å². The number of esters is 1. The largest absolute Gasteiger partial charge is 0.496 e. The number of nitrogens with one attached hydrogen (secondary N) is 1. The number of nitrogen functional groups attached to an aromatic ring is 1. The number of hydrogen-bond acceptors (Lipinski definition) is 5. The molecule has 6 heteroatoms. The fraction of sp³-hybridized carbons (Fsp3) is 0.429. The van der Waals surface area contributed by atoms with Crippen LogP contribution in [0.15, 0.2) is 18.2 Å². The van der Waals surface area contributed by atoms with E-state index in [1.807, 2.05) is 13.8 Å². The second-order valence-electron chi connectivity index (χ2n) is 4.53. The number of rotatable bonds is 6. The van der Waals surface area contributed by atoms with Crippen LogP contribution in [0.4, 0.5) is 5.69 Å². The normalized spacial score (nSPS) is 10.2. The molecule has 0 aromatic heterocycles. The highest BCUT2D eigenvalue weighted by Gasteiger charge is 2.17. The molecule has 0 saturated heterocycles. The molecule has 0 spiro atoms. The van der Waals surface area contributed by atoms with Crippen LogP contribution < -0.4 is 15.8 Å². The number of carbonyl (C=O) groups excluding carboxylic acids is 2. The van der Waals surface area contributed by atoms with Crippen LogP contribution in [0.1, 0.15) is 30.6 Å². The number of anilines is 1. The summed E-state index contributed by atoms with van der Waals surface area (Å²) in [6.07, 6.45) is 0.110. The SMILES string of the molecule is COc1cccc(N)c1C(=O)OCCC(=O)NC(C)C. The van der Waals surface area contributed by atoms with Gasteiger partial charge >= 0.3 is 5.97 Å². The fourth-order valence-electron chi connectivity index (χ4n) is 1.64. The van der Waals surface area contributed by atoms with Crippen molar-refractivity contribution in [3.63, 3.8) is 0 Å². The monoisotopic (exact) mass is 280 g/mol. The summed E-state index contributed by atoms with van der Waals surface area (Å²) in [5, 5.41) is 2.71. The summed E-state index contributed by atoms with van der Waals surface area (Å²) in [4.78, 5) is 23.3. The highest BCUT2D eigenvalue weighted by Crippen LogP contribution is 2.24. The van der Waals surface area contributed by atoms with Crippen molar-refractivity contribution >= 4 is 17.6 Å². The number of amides is 1. The third kappa shape index (κ3) is 4.46. The predicted octanol–water partition coefficient (Wildman–Crippen LogP) is 1.35. The Morgan fingerprint density at radius 1 is 1.35 bits per heavy atom. The summed E-state index contributed by atoms with van der Waals surface area (Å²) in [5.74, 6) is -0.417. The van der Waals surface area contributed by atoms with Crippen LogP contribution in [-0.4, -0.2) is 31.6 Å². The molecular weight excluding hydrogens is 260 g/mol. The van der Waals surface area contributed by atoms with Crippen molar-refractivity contribution in [3.05, 3.63) is 23.8 Å². The molecule has 20 heavy (non-hydrogen) atoms. The second-order valence-corrected chi connectivity index (χ2v) is 4.53. The molecule has 0 saturated carbocycles. The average Bonchev–Trinajstić information content (AvgIpc) is 2.37. The van der Waals surface area contributed by atoms with Crippen LogP contribution in [0.25, 0.3) is 0 Å². The molecule has 0 atom stereocenters. The molecule has 1 aromatic carbocycles. The Balaban J connectivity index is 2.58. The molecule has 0 aliphatic carbocycles. The summed E-state index contributed by atoms with van der Waals surface area (Å²) >= 11 is 0. The standard InChI is InChI=1S/C14H20N2O4/c1-9(2)16-12(17)7-8-20-14(18)13-10(15)5-4-6-11(13)19-3/h4-6,9H,7-8,15H2,1-3H3,(H,16,17). The molecule has 0 bridgehead atoms. The molecular formula is C14H20N2O4. The molecule has 1 amide bonds. The first-order valence-electron chi connectivity index (χ1n) is 6.34. The lowest BCUT2D eigenvalue weighted by molar-refractivity contribution is -0.122. The lowest BCUT2D eigenvalue weighted by atomic mass is 10.1. The lowest BCUT2D eigenvalue weighted by Gasteiger charge is -2.11. The molecule has 1 rings (SSSR count). The molecule has 0 radical (unpaired) electrons. The van der Waals surface area contributed by atoms with Crippen molar-refractivity contribution in [3.8, 4) is 5.75 Å². The van der Waals surface area contributed by atoms with E-state index in [0.29, 0.717) is 5.75 Å². The molecule has 0 unspecified atom stereocenters. The van der Waals surface area contributed by atoms with Gasteiger partial charge in [-0.05, 0) is 26.0 Å². The number of nitrogens with two attached hydrogens (primary N) is 1. The van der Waals surface area contributed by atoms with Gasteiger partial charge < -0.3 is 20.5 Å². The van der Waals surface area contributed by atoms with E-state index in [2.05, 4.69) is 5.32 Å². The highest BCUT2D eigenvalue weighted by molar-refractivity contribution is 5.98. The maximum atomic E-state index is 11.9. The van der Waals surface area contributed by atoms with Gasteiger partial charge in [-0.2, -0.15) is 0 Å². The van der Waals surface area contributed by atoms with Gasteiger partial charge in [0.25, 0.3) is 0 Å². The lowest BCUT2D eigenvalue weighted by Crippen LogP contribution is -2.31. The van der Waals surface area contributed by atoms with E-state index < -0.39 is 5.97 Å². The third-order valence-electron chi connectivity index (χ3n) is 2.49. The van der Waals surface area contributed by atoms with Crippen molar-refractivity contribution in [1.29, 1.82) is 0 Å². The van der Waals surface area contributed by atoms with E-state index in [4.69, 9.17) is 15.2 Å². The predicted molar refractivity (Wildman–Crippen MR) is 75.6 cm³/mol. The van der Waals surface area contributed by atoms with Crippen molar-refractivity contribution in [1.82, 2.24) is 5.32 Å². The average molecular weight is 280 g/mol. The molecule has 0 fully saturated rings. The zero-order valence-electron chi connectivity index (χ0n) is 11.9. The maximum Gasteiger partial charge on any atom is 0.344 e. The Hall–Kier alpha value is -2.24. The molecule has 6 nitrogen and oxygen atoms in total. The van der Waals surface area contributed by atoms with Crippen LogP contribution in [0.2, 0.25) is 0 Å². The Kier molecular flexibility index (Phi) is 5.83. The van der Waals surface area contributed by atoms with E-state index in [9.17, 15) is 9.59 Å². The Bertz CT molecular complexity index is 486. The Morgan fingerprint density at radius 2 is 2.05 bits per heavy atom. The number of carbonyl (C=O) groups is 2. The minimum absolute atomic E-state index is 0.00508. The quantitative estimate of drug-likeness (QED) is 0.606. The van der Waals surface area contributed by atoms with E-state index >= 15 is 0 Å². The van der Waals surface area contributed by atoms with Gasteiger partial charge in [-0.15, -0.1) is 0 Å². The van der Waals surface area contributed by atoms with E-state index in [-0.39, 0.29) is 36.2 Å². The van der Waals surface area contributed by atoms with Crippen molar-refractivity contribution in [2.75, 3.05) is 19.5 Å². The van der Waals surface area contributed by atoms with E-state index in [0.717, 1.165) is 0 Å². The smallest absolute Gasteiger partial charge is 0.344 e. The van der Waals surface area contributed by atoms with Crippen LogP contribution in [0, 0.1) is 0 Å². The zero-order valence-corrected chi connectivity index (χ0v) is 11.9. The fourth-order valence-corrected chi connectivity index (χ4v) is 1.64. The Labute approximate surface area is 118 Å². The van der Waals surface area contributed by atoms with E-state index in [1.165, 1.54) is 7.11 Å². The first kappa shape index (κ1) is 15.8. The van der Waals surface area contributed by atoms with Crippen molar-refractivity contribution in [2.45, 2.75) is 26.3 Å². The highest BCUT2D eigenvalue weighted by atomic mass is 16.5. The summed E-state index contributed by atoms with van der Waals surface area (Å²) < 4.78 is 10.1. The van der Waals surface area contributed by atoms with Crippen molar-refractivity contribution in [2.24, 2.45) is 0 Å². The van der Waals surface area contributed by atoms with Crippen LogP contribution in [0.3, 0.4) is 0 Å². The summed E-state index contributed by atoms with van der Waals surface area (Å²) in [6.45, 7) is 3.72. The second kappa shape index (κ2) is 7.37. The topological polar surface area (TPSA) is 90.7 Å². The van der Waals surface area contributed by atoms with Crippen LogP contribution in [0.5, 0.6) is 5.75 Å². The Morgan fingerprint density at radius 3 is 2.65 bits per heavy atom. The molecule has 3 N–H and O–H groups in total. The van der Waals surface area contributed by atoms with Gasteiger partial charge in [0.15, 0.2) is 0 Å². The first-order valence-corrected chi connectivity index (χ1v) is 6.34. The number of ether oxygens (including phenoxy) is 2. The van der Waals surface area contributed by atoms with Gasteiger partial charge in [0.2, 0.25) is 5.91 Å². The molecule has 0 heterocycles. The summed E-state index contributed by atoms with van der Waals surface area (Å²) in [5.41, 5.74) is 6.19. The van der Waals surface area contributed by atoms with Crippen LogP contribution in [-0.2, 0) is 9.53 Å². The number of hydrogen-bond donors (Lipinski definition) is 2. The van der Waals surface area contributed by atoms with Gasteiger partial charge in [-0.3, -0.25) is 4.79 Å². The minimum Gasteiger partial charge on any atom is -0.496 e. The first-order chi connectivity index (χ1) is 9.45. The van der Waals surface area contributed by atoms with Crippen molar-refractivity contribution < 1.29 is 19.1 Å². The number of methoxy groups -OCH3 is 1. The van der Waals surface area contributed by atoms with Gasteiger partial charge in [-0.25, -0.2) is 4.79 Å². The third-order valence-corrected chi connectivity index (χ3v) is 2.49. The molecule has 0 aliphatic rings. The summed E-state index contributed by atoms with van der Waals surface area (Å²) in [6, 6.07) is 4.95. The number of benzene rings is 1.